The molecular weight excluding hydrogens is 424 g/mol. The zero-order valence-electron chi connectivity index (χ0n) is 21.1. The molecule has 3 rings (SSSR count). The van der Waals surface area contributed by atoms with Crippen molar-refractivity contribution in [2.24, 2.45) is 22.7 Å². The highest BCUT2D eigenvalue weighted by Crippen LogP contribution is 2.57. The maximum Gasteiger partial charge on any atom is 0.321 e. The molecule has 0 aliphatic heterocycles. The van der Waals surface area contributed by atoms with E-state index in [1.807, 2.05) is 0 Å². The van der Waals surface area contributed by atoms with Crippen molar-refractivity contribution in [3.05, 3.63) is 11.6 Å². The van der Waals surface area contributed by atoms with Gasteiger partial charge in [0.1, 0.15) is 12.0 Å². The normalized spacial score (nSPS) is 37.6. The van der Waals surface area contributed by atoms with Gasteiger partial charge >= 0.3 is 5.97 Å². The predicted octanol–water partition coefficient (Wildman–Crippen LogP) is 7.49. The molecule has 3 aliphatic carbocycles. The fourth-order valence-electron chi connectivity index (χ4n) is 6.23. The molecule has 2 fully saturated rings. The first-order chi connectivity index (χ1) is 14.2. The van der Waals surface area contributed by atoms with Gasteiger partial charge in [-0.3, -0.25) is 4.79 Å². The average Bonchev–Trinajstić information content (AvgIpc) is 2.94. The monoisotopic (exact) mass is 468 g/mol. The quantitative estimate of drug-likeness (QED) is 0.185. The van der Waals surface area contributed by atoms with Crippen molar-refractivity contribution in [3.8, 4) is 0 Å². The Morgan fingerprint density at radius 3 is 2.52 bits per heavy atom. The van der Waals surface area contributed by atoms with Gasteiger partial charge in [0.05, 0.1) is 0 Å². The average molecular weight is 469 g/mol. The predicted molar refractivity (Wildman–Crippen MR) is 132 cm³/mol. The van der Waals surface area contributed by atoms with Crippen LogP contribution >= 0.6 is 11.6 Å². The highest BCUT2D eigenvalue weighted by Gasteiger charge is 2.54. The number of alkyl halides is 1. The van der Waals surface area contributed by atoms with Crippen LogP contribution in [0, 0.1) is 22.7 Å². The van der Waals surface area contributed by atoms with Gasteiger partial charge in [-0.05, 0) is 73.9 Å². The Morgan fingerprint density at radius 2 is 1.90 bits per heavy atom. The number of hydrogen-bond acceptors (Lipinski definition) is 3. The summed E-state index contributed by atoms with van der Waals surface area (Å²) in [7, 11) is -1.90. The summed E-state index contributed by atoms with van der Waals surface area (Å²) in [6.07, 6.45) is 10.3. The van der Waals surface area contributed by atoms with E-state index in [-0.39, 0.29) is 39.9 Å². The van der Waals surface area contributed by atoms with Crippen LogP contribution in [0.4, 0.5) is 0 Å². The van der Waals surface area contributed by atoms with E-state index in [0.29, 0.717) is 11.8 Å². The molecule has 0 N–H and O–H groups in total. The van der Waals surface area contributed by atoms with Crippen LogP contribution in [0.25, 0.3) is 0 Å². The second-order valence-electron chi connectivity index (χ2n) is 12.7. The topological polar surface area (TPSA) is 35.5 Å². The maximum atomic E-state index is 12.4. The first-order valence-corrected chi connectivity index (χ1v) is 15.8. The minimum absolute atomic E-state index is 0.0707. The zero-order chi connectivity index (χ0) is 23.2. The first kappa shape index (κ1) is 25.3. The highest BCUT2D eigenvalue weighted by molar-refractivity contribution is 6.74. The van der Waals surface area contributed by atoms with Crippen molar-refractivity contribution in [1.82, 2.24) is 0 Å². The maximum absolute atomic E-state index is 12.4. The molecule has 5 heteroatoms. The Morgan fingerprint density at radius 1 is 1.23 bits per heavy atom. The van der Waals surface area contributed by atoms with E-state index in [4.69, 9.17) is 20.8 Å². The molecule has 0 radical (unpaired) electrons. The van der Waals surface area contributed by atoms with Gasteiger partial charge in [0.15, 0.2) is 8.32 Å². The first-order valence-electron chi connectivity index (χ1n) is 12.3. The van der Waals surface area contributed by atoms with Gasteiger partial charge in [0.25, 0.3) is 0 Å². The molecule has 0 amide bonds. The Kier molecular flexibility index (Phi) is 7.18. The molecule has 31 heavy (non-hydrogen) atoms. The second kappa shape index (κ2) is 8.80. The van der Waals surface area contributed by atoms with Crippen molar-refractivity contribution in [2.75, 3.05) is 5.88 Å². The van der Waals surface area contributed by atoms with Crippen LogP contribution < -0.4 is 0 Å². The van der Waals surface area contributed by atoms with Gasteiger partial charge in [-0.15, -0.1) is 11.6 Å². The van der Waals surface area contributed by atoms with E-state index in [2.05, 4.69) is 60.7 Å². The Balaban J connectivity index is 2.01. The molecule has 0 aromatic carbocycles. The lowest BCUT2D eigenvalue weighted by atomic mass is 9.60. The van der Waals surface area contributed by atoms with Gasteiger partial charge in [0, 0.05) is 11.5 Å². The van der Waals surface area contributed by atoms with E-state index in [9.17, 15) is 4.79 Å². The Labute approximate surface area is 196 Å². The van der Waals surface area contributed by atoms with E-state index >= 15 is 0 Å². The lowest BCUT2D eigenvalue weighted by molar-refractivity contribution is -0.165. The standard InChI is InChI=1S/C26H45ClO3Si/c1-24(2,3)31(7,8)30-21-10-9-15-26(6)20(21)14-13-18-11-12-19(25(18,4)5)16-22(26)29-23(28)17-27/h13,19-22H,9-12,14-17H2,1-8H3/b18-13+/t19?,20-,21-,22-,26+/m0/s1. The van der Waals surface area contributed by atoms with Gasteiger partial charge in [-0.1, -0.05) is 59.6 Å². The highest BCUT2D eigenvalue weighted by atomic mass is 35.5. The summed E-state index contributed by atoms with van der Waals surface area (Å²) in [5, 5.41) is 0.184. The van der Waals surface area contributed by atoms with E-state index < -0.39 is 8.32 Å². The van der Waals surface area contributed by atoms with Crippen LogP contribution in [-0.2, 0) is 14.0 Å². The molecule has 2 bridgehead atoms. The molecule has 178 valence electrons. The molecule has 1 unspecified atom stereocenters. The fourth-order valence-corrected chi connectivity index (χ4v) is 7.69. The summed E-state index contributed by atoms with van der Waals surface area (Å²) in [5.74, 6) is 0.566. The van der Waals surface area contributed by atoms with Crippen LogP contribution in [0.5, 0.6) is 0 Å². The molecule has 2 saturated carbocycles. The molecule has 3 nitrogen and oxygen atoms in total. The lowest BCUT2D eigenvalue weighted by Crippen LogP contribution is -2.54. The molecule has 0 saturated heterocycles. The molecule has 0 spiro atoms. The van der Waals surface area contributed by atoms with E-state index in [1.54, 1.807) is 5.57 Å². The number of carbonyl (C=O) groups excluding carboxylic acids is 1. The van der Waals surface area contributed by atoms with Gasteiger partial charge in [-0.25, -0.2) is 0 Å². The summed E-state index contributed by atoms with van der Waals surface area (Å²) in [6.45, 7) is 18.8. The molecule has 0 heterocycles. The van der Waals surface area contributed by atoms with Crippen LogP contribution in [0.3, 0.4) is 0 Å². The summed E-state index contributed by atoms with van der Waals surface area (Å²) in [4.78, 5) is 12.4. The number of ether oxygens (including phenoxy) is 1. The van der Waals surface area contributed by atoms with Crippen molar-refractivity contribution >= 4 is 25.9 Å². The van der Waals surface area contributed by atoms with Crippen molar-refractivity contribution in [1.29, 1.82) is 0 Å². The number of esters is 1. The zero-order valence-corrected chi connectivity index (χ0v) is 22.9. The van der Waals surface area contributed by atoms with E-state index in [1.165, 1.54) is 12.8 Å². The molecule has 0 aromatic rings. The van der Waals surface area contributed by atoms with Gasteiger partial charge in [0.2, 0.25) is 0 Å². The summed E-state index contributed by atoms with van der Waals surface area (Å²) in [5.41, 5.74) is 1.69. The molecular formula is C26H45ClO3Si. The van der Waals surface area contributed by atoms with Gasteiger partial charge in [-0.2, -0.15) is 0 Å². The number of hydrogen-bond donors (Lipinski definition) is 0. The van der Waals surface area contributed by atoms with Crippen molar-refractivity contribution in [2.45, 2.75) is 117 Å². The molecule has 5 atom stereocenters. The summed E-state index contributed by atoms with van der Waals surface area (Å²) < 4.78 is 13.2. The lowest BCUT2D eigenvalue weighted by Gasteiger charge is -2.52. The van der Waals surface area contributed by atoms with E-state index in [0.717, 1.165) is 32.1 Å². The van der Waals surface area contributed by atoms with Crippen LogP contribution in [-0.4, -0.2) is 32.4 Å². The Bertz CT molecular complexity index is 708. The van der Waals surface area contributed by atoms with Crippen LogP contribution in [0.2, 0.25) is 18.1 Å². The third-order valence-corrected chi connectivity index (χ3v) is 14.3. The van der Waals surface area contributed by atoms with Crippen LogP contribution in [0.1, 0.15) is 86.5 Å². The minimum atomic E-state index is -1.90. The third kappa shape index (κ3) is 4.82. The molecule has 3 aliphatic rings. The number of rotatable bonds is 4. The minimum Gasteiger partial charge on any atom is -0.461 e. The van der Waals surface area contributed by atoms with Crippen molar-refractivity contribution in [3.63, 3.8) is 0 Å². The number of halogens is 1. The van der Waals surface area contributed by atoms with Crippen molar-refractivity contribution < 1.29 is 14.0 Å². The molecule has 0 aromatic heterocycles. The largest absolute Gasteiger partial charge is 0.461 e. The van der Waals surface area contributed by atoms with Gasteiger partial charge < -0.3 is 9.16 Å². The number of fused-ring (bicyclic) bond motifs is 3. The smallest absolute Gasteiger partial charge is 0.321 e. The number of carbonyl (C=O) groups is 1. The SMILES string of the molecule is CC1(C)/C2=C/C[C@H]3[C@@H](O[Si](C)(C)C(C)(C)C)CCC[C@@]3(C)[C@@H](OC(=O)CCl)CC1CC2. The summed E-state index contributed by atoms with van der Waals surface area (Å²) in [6, 6.07) is 0. The fraction of sp³-hybridized carbons (Fsp3) is 0.885. The number of allylic oxidation sites excluding steroid dienone is 2. The Hall–Kier alpha value is -0.323. The summed E-state index contributed by atoms with van der Waals surface area (Å²) >= 11 is 5.89. The van der Waals surface area contributed by atoms with Crippen LogP contribution in [0.15, 0.2) is 11.6 Å². The second-order valence-corrected chi connectivity index (χ2v) is 17.7. The third-order valence-electron chi connectivity index (χ3n) is 9.60.